The number of nitrogens with zero attached hydrogens (tertiary/aromatic N) is 2. The van der Waals surface area contributed by atoms with Crippen molar-refractivity contribution in [2.24, 2.45) is 0 Å². The van der Waals surface area contributed by atoms with E-state index in [1.54, 1.807) is 6.20 Å². The van der Waals surface area contributed by atoms with Gasteiger partial charge in [0.25, 0.3) is 11.5 Å². The van der Waals surface area contributed by atoms with Crippen molar-refractivity contribution in [1.82, 2.24) is 25.1 Å². The lowest BCUT2D eigenvalue weighted by Gasteiger charge is -2.13. The van der Waals surface area contributed by atoms with Gasteiger partial charge in [-0.3, -0.25) is 14.7 Å². The predicted octanol–water partition coefficient (Wildman–Crippen LogP) is 4.16. The number of benzene rings is 1. The van der Waals surface area contributed by atoms with E-state index in [1.165, 1.54) is 0 Å². The molecule has 3 heterocycles. The lowest BCUT2D eigenvalue weighted by atomic mass is 9.99. The average molecular weight is 418 g/mol. The van der Waals surface area contributed by atoms with Gasteiger partial charge in [-0.1, -0.05) is 0 Å². The van der Waals surface area contributed by atoms with Crippen LogP contribution in [0.5, 0.6) is 0 Å². The van der Waals surface area contributed by atoms with Gasteiger partial charge in [-0.2, -0.15) is 5.10 Å². The van der Waals surface area contributed by atoms with Crippen molar-refractivity contribution in [3.05, 3.63) is 75.1 Å². The van der Waals surface area contributed by atoms with Crippen LogP contribution in [0, 0.1) is 20.8 Å². The van der Waals surface area contributed by atoms with Crippen LogP contribution < -0.4 is 10.9 Å². The molecule has 4 rings (SSSR count). The molecule has 31 heavy (non-hydrogen) atoms. The number of aromatic amines is 2. The van der Waals surface area contributed by atoms with Crippen molar-refractivity contribution in [1.29, 1.82) is 0 Å². The molecule has 0 spiro atoms. The van der Waals surface area contributed by atoms with Crippen molar-refractivity contribution in [2.45, 2.75) is 47.2 Å². The summed E-state index contributed by atoms with van der Waals surface area (Å²) in [6, 6.07) is 6.15. The van der Waals surface area contributed by atoms with Gasteiger partial charge in [-0.05, 0) is 69.5 Å². The topological polar surface area (TPSA) is 95.6 Å². The molecule has 0 fully saturated rings. The van der Waals surface area contributed by atoms with Crippen LogP contribution in [0.15, 0.2) is 41.6 Å². The van der Waals surface area contributed by atoms with Crippen LogP contribution in [0.25, 0.3) is 22.0 Å². The van der Waals surface area contributed by atoms with Gasteiger partial charge in [0.15, 0.2) is 0 Å². The second-order valence-electron chi connectivity index (χ2n) is 8.34. The number of H-pyrrole nitrogens is 2. The molecule has 1 aromatic carbocycles. The Kier molecular flexibility index (Phi) is 5.27. The van der Waals surface area contributed by atoms with E-state index in [2.05, 4.69) is 51.2 Å². The highest BCUT2D eigenvalue weighted by molar-refractivity contribution is 6.09. The fraction of sp³-hybridized carbons (Fsp3) is 0.292. The normalized spacial score (nSPS) is 11.4. The van der Waals surface area contributed by atoms with E-state index in [9.17, 15) is 9.59 Å². The monoisotopic (exact) mass is 417 g/mol. The average Bonchev–Trinajstić information content (AvgIpc) is 3.35. The third-order valence-corrected chi connectivity index (χ3v) is 5.67. The van der Waals surface area contributed by atoms with Gasteiger partial charge in [0.1, 0.15) is 0 Å². The van der Waals surface area contributed by atoms with Crippen LogP contribution in [0.1, 0.15) is 52.6 Å². The minimum atomic E-state index is -0.209. The molecular formula is C24H27N5O2. The number of fused-ring (bicyclic) bond motifs is 1. The zero-order valence-electron chi connectivity index (χ0n) is 18.5. The summed E-state index contributed by atoms with van der Waals surface area (Å²) in [7, 11) is 0. The van der Waals surface area contributed by atoms with Crippen molar-refractivity contribution < 1.29 is 4.79 Å². The molecule has 0 aliphatic heterocycles. The Balaban J connectivity index is 1.79. The molecule has 160 valence electrons. The highest BCUT2D eigenvalue weighted by atomic mass is 16.1. The Morgan fingerprint density at radius 2 is 1.90 bits per heavy atom. The Labute approximate surface area is 180 Å². The predicted molar refractivity (Wildman–Crippen MR) is 122 cm³/mol. The van der Waals surface area contributed by atoms with E-state index < -0.39 is 0 Å². The first-order valence-electron chi connectivity index (χ1n) is 10.4. The molecule has 0 aliphatic carbocycles. The van der Waals surface area contributed by atoms with Gasteiger partial charge in [0.2, 0.25) is 0 Å². The fourth-order valence-corrected chi connectivity index (χ4v) is 4.13. The van der Waals surface area contributed by atoms with Gasteiger partial charge in [0, 0.05) is 58.3 Å². The molecule has 0 radical (unpaired) electrons. The summed E-state index contributed by atoms with van der Waals surface area (Å²) in [5.41, 5.74) is 6.52. The van der Waals surface area contributed by atoms with Crippen LogP contribution >= 0.6 is 0 Å². The molecule has 0 saturated carbocycles. The number of pyridine rings is 1. The lowest BCUT2D eigenvalue weighted by Crippen LogP contribution is -2.28. The molecule has 3 aromatic heterocycles. The first-order valence-corrected chi connectivity index (χ1v) is 10.4. The van der Waals surface area contributed by atoms with E-state index in [0.717, 1.165) is 38.9 Å². The smallest absolute Gasteiger partial charge is 0.253 e. The fourth-order valence-electron chi connectivity index (χ4n) is 4.13. The molecule has 7 heteroatoms. The second-order valence-corrected chi connectivity index (χ2v) is 8.34. The van der Waals surface area contributed by atoms with E-state index in [1.807, 2.05) is 39.1 Å². The van der Waals surface area contributed by atoms with Gasteiger partial charge in [-0.25, -0.2) is 0 Å². The van der Waals surface area contributed by atoms with Crippen LogP contribution in [0.2, 0.25) is 0 Å². The summed E-state index contributed by atoms with van der Waals surface area (Å²) in [5.74, 6) is -0.209. The summed E-state index contributed by atoms with van der Waals surface area (Å²) in [5, 5.41) is 10.8. The van der Waals surface area contributed by atoms with Gasteiger partial charge in [0.05, 0.1) is 6.20 Å². The van der Waals surface area contributed by atoms with E-state index in [4.69, 9.17) is 0 Å². The first-order chi connectivity index (χ1) is 14.8. The number of hydrogen-bond acceptors (Lipinski definition) is 3. The maximum Gasteiger partial charge on any atom is 0.253 e. The molecular weight excluding hydrogens is 390 g/mol. The van der Waals surface area contributed by atoms with Crippen molar-refractivity contribution >= 4 is 16.8 Å². The summed E-state index contributed by atoms with van der Waals surface area (Å²) < 4.78 is 2.18. The molecule has 0 unspecified atom stereocenters. The molecule has 4 aromatic rings. The number of aryl methyl sites for hydroxylation is 3. The minimum absolute atomic E-state index is 0.168. The Morgan fingerprint density at radius 3 is 2.55 bits per heavy atom. The standard InChI is InChI=1S/C24H27N5O2/c1-13(2)29-12-15(4)22-19(7-17(8-21(22)29)18-9-26-27-10-18)23(30)25-11-20-14(3)6-16(5)28-24(20)31/h6-10,12-13H,11H2,1-5H3,(H,25,30)(H,26,27)(H,28,31). The van der Waals surface area contributed by atoms with Crippen LogP contribution in [-0.4, -0.2) is 25.7 Å². The van der Waals surface area contributed by atoms with Crippen LogP contribution in [0.3, 0.4) is 0 Å². The quantitative estimate of drug-likeness (QED) is 0.455. The maximum atomic E-state index is 13.3. The highest BCUT2D eigenvalue weighted by Crippen LogP contribution is 2.32. The lowest BCUT2D eigenvalue weighted by molar-refractivity contribution is 0.0952. The molecule has 1 amide bonds. The van der Waals surface area contributed by atoms with Gasteiger partial charge >= 0.3 is 0 Å². The van der Waals surface area contributed by atoms with Gasteiger partial charge < -0.3 is 14.9 Å². The van der Waals surface area contributed by atoms with Gasteiger partial charge in [-0.15, -0.1) is 0 Å². The summed E-state index contributed by atoms with van der Waals surface area (Å²) in [6.45, 7) is 10.2. The highest BCUT2D eigenvalue weighted by Gasteiger charge is 2.19. The molecule has 0 aliphatic rings. The van der Waals surface area contributed by atoms with Crippen LogP contribution in [0.4, 0.5) is 0 Å². The van der Waals surface area contributed by atoms with Crippen molar-refractivity contribution in [2.75, 3.05) is 0 Å². The van der Waals surface area contributed by atoms with Crippen LogP contribution in [-0.2, 0) is 6.54 Å². The SMILES string of the molecule is Cc1cc(C)c(CNC(=O)c2cc(-c3cn[nH]c3)cc3c2c(C)cn3C(C)C)c(=O)[nH]1. The first kappa shape index (κ1) is 20.7. The third-order valence-electron chi connectivity index (χ3n) is 5.67. The number of hydrogen-bond donors (Lipinski definition) is 3. The molecule has 7 nitrogen and oxygen atoms in total. The Bertz CT molecular complexity index is 1330. The zero-order valence-corrected chi connectivity index (χ0v) is 18.5. The van der Waals surface area contributed by atoms with E-state index >= 15 is 0 Å². The Morgan fingerprint density at radius 1 is 1.13 bits per heavy atom. The largest absolute Gasteiger partial charge is 0.348 e. The zero-order chi connectivity index (χ0) is 22.3. The van der Waals surface area contributed by atoms with E-state index in [0.29, 0.717) is 11.1 Å². The Hall–Kier alpha value is -3.61. The van der Waals surface area contributed by atoms with Crippen molar-refractivity contribution in [3.8, 4) is 11.1 Å². The molecule has 0 atom stereocenters. The molecule has 3 N–H and O–H groups in total. The summed E-state index contributed by atoms with van der Waals surface area (Å²) >= 11 is 0. The number of carbonyl (C=O) groups is 1. The number of carbonyl (C=O) groups excluding carboxylic acids is 1. The molecule has 0 bridgehead atoms. The van der Waals surface area contributed by atoms with E-state index in [-0.39, 0.29) is 24.1 Å². The summed E-state index contributed by atoms with van der Waals surface area (Å²) in [4.78, 5) is 28.5. The second kappa shape index (κ2) is 7.91. The number of nitrogens with one attached hydrogen (secondary N) is 3. The number of aromatic nitrogens is 4. The minimum Gasteiger partial charge on any atom is -0.348 e. The maximum absolute atomic E-state index is 13.3. The third kappa shape index (κ3) is 3.79. The number of amides is 1. The van der Waals surface area contributed by atoms with Crippen molar-refractivity contribution in [3.63, 3.8) is 0 Å². The molecule has 0 saturated heterocycles. The summed E-state index contributed by atoms with van der Waals surface area (Å²) in [6.07, 6.45) is 5.64. The number of rotatable bonds is 5.